The van der Waals surface area contributed by atoms with Crippen LogP contribution in [-0.2, 0) is 16.1 Å². The Kier molecular flexibility index (Phi) is 5.58. The van der Waals surface area contributed by atoms with E-state index >= 15 is 0 Å². The van der Waals surface area contributed by atoms with Gasteiger partial charge in [-0.15, -0.1) is 0 Å². The lowest BCUT2D eigenvalue weighted by Crippen LogP contribution is -2.32. The molecule has 1 N–H and O–H groups in total. The summed E-state index contributed by atoms with van der Waals surface area (Å²) < 4.78 is 19.9. The molecular formula is C19H18FNO6. The van der Waals surface area contributed by atoms with E-state index in [1.165, 1.54) is 18.3 Å². The Hall–Kier alpha value is -3.29. The molecule has 0 saturated heterocycles. The maximum Gasteiger partial charge on any atom is 0.341 e. The molecule has 0 unspecified atom stereocenters. The number of hydrogen-bond donors (Lipinski definition) is 1. The lowest BCUT2D eigenvalue weighted by Gasteiger charge is -2.20. The number of halogens is 1. The average Bonchev–Trinajstić information content (AvgIpc) is 2.54. The number of nitrogens with zero attached hydrogens (tertiary/aromatic N) is 1. The SMILES string of the molecule is CC(C)(C)OC(=O)Cn1cc(-c2cccc(F)c2C=O)cc(C(=O)O)c1=O. The molecule has 0 aliphatic rings. The molecule has 1 heterocycles. The van der Waals surface area contributed by atoms with Gasteiger partial charge in [-0.1, -0.05) is 12.1 Å². The molecule has 8 heteroatoms. The summed E-state index contributed by atoms with van der Waals surface area (Å²) in [5.74, 6) is -3.04. The van der Waals surface area contributed by atoms with E-state index in [1.807, 2.05) is 0 Å². The van der Waals surface area contributed by atoms with E-state index in [0.717, 1.165) is 16.7 Å². The highest BCUT2D eigenvalue weighted by Gasteiger charge is 2.21. The van der Waals surface area contributed by atoms with Gasteiger partial charge in [0.15, 0.2) is 6.29 Å². The summed E-state index contributed by atoms with van der Waals surface area (Å²) in [6, 6.07) is 4.89. The third-order valence-corrected chi connectivity index (χ3v) is 3.52. The first-order valence-corrected chi connectivity index (χ1v) is 7.97. The van der Waals surface area contributed by atoms with Gasteiger partial charge in [0.1, 0.15) is 23.5 Å². The Labute approximate surface area is 154 Å². The van der Waals surface area contributed by atoms with Crippen LogP contribution in [0.3, 0.4) is 0 Å². The molecule has 1 aromatic carbocycles. The van der Waals surface area contributed by atoms with Crippen molar-refractivity contribution in [2.45, 2.75) is 32.9 Å². The van der Waals surface area contributed by atoms with Gasteiger partial charge in [0, 0.05) is 6.20 Å². The third-order valence-electron chi connectivity index (χ3n) is 3.52. The van der Waals surface area contributed by atoms with Crippen molar-refractivity contribution in [1.82, 2.24) is 4.57 Å². The van der Waals surface area contributed by atoms with E-state index in [2.05, 4.69) is 0 Å². The first-order valence-electron chi connectivity index (χ1n) is 7.97. The standard InChI is InChI=1S/C19H18FNO6/c1-19(2,3)27-16(23)9-21-8-11(7-13(17(21)24)18(25)26)12-5-4-6-15(20)14(12)10-22/h4-8,10H,9H2,1-3H3,(H,25,26). The average molecular weight is 375 g/mol. The minimum Gasteiger partial charge on any atom is -0.477 e. The van der Waals surface area contributed by atoms with Gasteiger partial charge in [-0.2, -0.15) is 0 Å². The lowest BCUT2D eigenvalue weighted by atomic mass is 10.00. The number of aromatic nitrogens is 1. The van der Waals surface area contributed by atoms with Crippen molar-refractivity contribution in [1.29, 1.82) is 0 Å². The first kappa shape index (κ1) is 20.0. The van der Waals surface area contributed by atoms with Crippen molar-refractivity contribution in [3.05, 3.63) is 57.8 Å². The van der Waals surface area contributed by atoms with Crippen molar-refractivity contribution in [3.8, 4) is 11.1 Å². The number of aldehydes is 1. The molecule has 0 atom stereocenters. The fraction of sp³-hybridized carbons (Fsp3) is 0.263. The maximum atomic E-state index is 13.9. The van der Waals surface area contributed by atoms with Crippen LogP contribution < -0.4 is 5.56 Å². The predicted octanol–water partition coefficient (Wildman–Crippen LogP) is 2.51. The first-order chi connectivity index (χ1) is 12.5. The van der Waals surface area contributed by atoms with Crippen molar-refractivity contribution >= 4 is 18.2 Å². The normalized spacial score (nSPS) is 11.1. The van der Waals surface area contributed by atoms with Crippen molar-refractivity contribution in [3.63, 3.8) is 0 Å². The molecule has 7 nitrogen and oxygen atoms in total. The molecule has 142 valence electrons. The summed E-state index contributed by atoms with van der Waals surface area (Å²) in [6.07, 6.45) is 1.49. The minimum absolute atomic E-state index is 0.102. The lowest BCUT2D eigenvalue weighted by molar-refractivity contribution is -0.155. The topological polar surface area (TPSA) is 103 Å². The van der Waals surface area contributed by atoms with Crippen LogP contribution in [0.5, 0.6) is 0 Å². The molecular weight excluding hydrogens is 357 g/mol. The number of carbonyl (C=O) groups excluding carboxylic acids is 2. The largest absolute Gasteiger partial charge is 0.477 e. The van der Waals surface area contributed by atoms with E-state index in [4.69, 9.17) is 4.74 Å². The van der Waals surface area contributed by atoms with Gasteiger partial charge in [-0.3, -0.25) is 14.4 Å². The monoisotopic (exact) mass is 375 g/mol. The van der Waals surface area contributed by atoms with Gasteiger partial charge < -0.3 is 14.4 Å². The second-order valence-corrected chi connectivity index (χ2v) is 6.79. The summed E-state index contributed by atoms with van der Waals surface area (Å²) in [4.78, 5) is 47.0. The molecule has 0 saturated carbocycles. The smallest absolute Gasteiger partial charge is 0.341 e. The number of carbonyl (C=O) groups is 3. The molecule has 27 heavy (non-hydrogen) atoms. The minimum atomic E-state index is -1.51. The van der Waals surface area contributed by atoms with Gasteiger partial charge >= 0.3 is 11.9 Å². The Morgan fingerprint density at radius 1 is 1.30 bits per heavy atom. The molecule has 1 aromatic heterocycles. The number of esters is 1. The molecule has 0 spiro atoms. The summed E-state index contributed by atoms with van der Waals surface area (Å²) in [5.41, 5.74) is -2.39. The fourth-order valence-electron chi connectivity index (χ4n) is 2.48. The second kappa shape index (κ2) is 7.53. The van der Waals surface area contributed by atoms with Crippen LogP contribution in [-0.4, -0.2) is 33.5 Å². The molecule has 0 aliphatic heterocycles. The third kappa shape index (κ3) is 4.66. The highest BCUT2D eigenvalue weighted by Crippen LogP contribution is 2.24. The van der Waals surface area contributed by atoms with Crippen LogP contribution >= 0.6 is 0 Å². The number of carboxylic acids is 1. The number of pyridine rings is 1. The Balaban J connectivity index is 2.62. The van der Waals surface area contributed by atoms with Crippen LogP contribution in [0.1, 0.15) is 41.5 Å². The number of rotatable bonds is 5. The molecule has 0 radical (unpaired) electrons. The summed E-state index contributed by atoms with van der Waals surface area (Å²) in [6.45, 7) is 4.41. The van der Waals surface area contributed by atoms with Gasteiger partial charge in [-0.25, -0.2) is 9.18 Å². The van der Waals surface area contributed by atoms with Crippen molar-refractivity contribution in [2.24, 2.45) is 0 Å². The Bertz CT molecular complexity index is 971. The molecule has 2 aromatic rings. The highest BCUT2D eigenvalue weighted by atomic mass is 19.1. The fourth-order valence-corrected chi connectivity index (χ4v) is 2.48. The number of carboxylic acid groups (broad SMARTS) is 1. The predicted molar refractivity (Wildman–Crippen MR) is 94.3 cm³/mol. The quantitative estimate of drug-likeness (QED) is 0.636. The molecule has 0 aliphatic carbocycles. The van der Waals surface area contributed by atoms with Crippen molar-refractivity contribution in [2.75, 3.05) is 0 Å². The number of aromatic carboxylic acids is 1. The molecule has 2 rings (SSSR count). The van der Waals surface area contributed by atoms with Crippen LogP contribution in [0.15, 0.2) is 35.3 Å². The van der Waals surface area contributed by atoms with Crippen LogP contribution in [0.25, 0.3) is 11.1 Å². The van der Waals surface area contributed by atoms with Gasteiger partial charge in [0.25, 0.3) is 5.56 Å². The zero-order valence-electron chi connectivity index (χ0n) is 15.0. The summed E-state index contributed by atoms with van der Waals surface area (Å²) in [7, 11) is 0. The zero-order chi connectivity index (χ0) is 20.4. The summed E-state index contributed by atoms with van der Waals surface area (Å²) in [5, 5.41) is 9.29. The van der Waals surface area contributed by atoms with Crippen LogP contribution in [0.2, 0.25) is 0 Å². The second-order valence-electron chi connectivity index (χ2n) is 6.79. The number of hydrogen-bond acceptors (Lipinski definition) is 5. The number of benzene rings is 1. The van der Waals surface area contributed by atoms with Gasteiger partial charge in [0.2, 0.25) is 0 Å². The molecule has 0 fully saturated rings. The van der Waals surface area contributed by atoms with E-state index in [-0.39, 0.29) is 16.7 Å². The maximum absolute atomic E-state index is 13.9. The highest BCUT2D eigenvalue weighted by molar-refractivity contribution is 5.92. The molecule has 0 amide bonds. The van der Waals surface area contributed by atoms with E-state index in [1.54, 1.807) is 20.8 Å². The van der Waals surface area contributed by atoms with Crippen LogP contribution in [0.4, 0.5) is 4.39 Å². The zero-order valence-corrected chi connectivity index (χ0v) is 15.0. The van der Waals surface area contributed by atoms with Crippen LogP contribution in [0, 0.1) is 5.82 Å². The Morgan fingerprint density at radius 2 is 1.96 bits per heavy atom. The Morgan fingerprint density at radius 3 is 2.52 bits per heavy atom. The molecule has 0 bridgehead atoms. The number of ether oxygens (including phenoxy) is 1. The van der Waals surface area contributed by atoms with E-state index in [0.29, 0.717) is 6.29 Å². The van der Waals surface area contributed by atoms with E-state index < -0.39 is 41.0 Å². The van der Waals surface area contributed by atoms with Gasteiger partial charge in [-0.05, 0) is 44.0 Å². The van der Waals surface area contributed by atoms with E-state index in [9.17, 15) is 28.7 Å². The summed E-state index contributed by atoms with van der Waals surface area (Å²) >= 11 is 0. The van der Waals surface area contributed by atoms with Gasteiger partial charge in [0.05, 0.1) is 5.56 Å². The van der Waals surface area contributed by atoms with Crippen molar-refractivity contribution < 1.29 is 28.6 Å².